The van der Waals surface area contributed by atoms with E-state index < -0.39 is 0 Å². The minimum atomic E-state index is -0.162. The van der Waals surface area contributed by atoms with Gasteiger partial charge < -0.3 is 4.74 Å². The van der Waals surface area contributed by atoms with E-state index in [-0.39, 0.29) is 12.0 Å². The van der Waals surface area contributed by atoms with Gasteiger partial charge in [0.1, 0.15) is 11.9 Å². The van der Waals surface area contributed by atoms with Gasteiger partial charge in [-0.05, 0) is 116 Å². The van der Waals surface area contributed by atoms with Crippen LogP contribution in [0.25, 0.3) is 98.0 Å². The fourth-order valence-electron chi connectivity index (χ4n) is 10.3. The fraction of sp³-hybridized carbons (Fsp3) is 0.0357. The van der Waals surface area contributed by atoms with E-state index in [4.69, 9.17) is 4.74 Å². The molecule has 11 aromatic rings. The van der Waals surface area contributed by atoms with E-state index in [1.807, 2.05) is 0 Å². The van der Waals surface area contributed by atoms with Crippen molar-refractivity contribution in [2.24, 2.45) is 0 Å². The van der Waals surface area contributed by atoms with Crippen LogP contribution in [-0.2, 0) is 0 Å². The molecular weight excluding hydrogens is 689 g/mol. The average Bonchev–Trinajstić information content (AvgIpc) is 3.66. The zero-order valence-corrected chi connectivity index (χ0v) is 31.0. The van der Waals surface area contributed by atoms with Gasteiger partial charge in [-0.3, -0.25) is 0 Å². The van der Waals surface area contributed by atoms with Crippen LogP contribution >= 0.6 is 0 Å². The van der Waals surface area contributed by atoms with Gasteiger partial charge in [0.2, 0.25) is 0 Å². The van der Waals surface area contributed by atoms with Crippen molar-refractivity contribution in [1.29, 1.82) is 0 Å². The van der Waals surface area contributed by atoms with Gasteiger partial charge >= 0.3 is 0 Å². The molecule has 0 bridgehead atoms. The highest BCUT2D eigenvalue weighted by atomic mass is 16.5. The molecule has 0 radical (unpaired) electrons. The van der Waals surface area contributed by atoms with Gasteiger partial charge in [-0.25, -0.2) is 0 Å². The molecule has 57 heavy (non-hydrogen) atoms. The first-order chi connectivity index (χ1) is 28.2. The predicted octanol–water partition coefficient (Wildman–Crippen LogP) is 14.8. The average molecular weight is 723 g/mol. The highest BCUT2D eigenvalue weighted by molar-refractivity contribution is 6.26. The Labute approximate surface area is 330 Å². The van der Waals surface area contributed by atoms with Gasteiger partial charge in [-0.15, -0.1) is 0 Å². The number of benzene rings is 11. The van der Waals surface area contributed by atoms with Crippen LogP contribution in [0.2, 0.25) is 0 Å². The molecule has 13 rings (SSSR count). The Morgan fingerprint density at radius 2 is 0.877 bits per heavy atom. The summed E-state index contributed by atoms with van der Waals surface area (Å²) in [7, 11) is 0. The van der Waals surface area contributed by atoms with Crippen molar-refractivity contribution in [3.8, 4) is 28.0 Å². The summed E-state index contributed by atoms with van der Waals surface area (Å²) in [6.07, 6.45) is 4.74. The SMILES string of the molecule is C1=C(c2ccc3ccc4cccc5ccc2c3c45)C=C(c2ccccc2)C2Oc3c(-c4ccccc4)cc(-c4ccc5ccc6cccc7ccc4c5c67)cc3C12. The second-order valence-electron chi connectivity index (χ2n) is 15.9. The Morgan fingerprint density at radius 1 is 0.368 bits per heavy atom. The Morgan fingerprint density at radius 3 is 1.49 bits per heavy atom. The fourth-order valence-corrected chi connectivity index (χ4v) is 10.3. The number of ether oxygens (including phenoxy) is 1. The molecule has 1 aliphatic carbocycles. The molecule has 0 N–H and O–H groups in total. The first-order valence-electron chi connectivity index (χ1n) is 20.0. The van der Waals surface area contributed by atoms with E-state index in [0.29, 0.717) is 0 Å². The van der Waals surface area contributed by atoms with Gasteiger partial charge in [0.15, 0.2) is 0 Å². The smallest absolute Gasteiger partial charge is 0.135 e. The second kappa shape index (κ2) is 11.6. The number of rotatable bonds is 4. The third-order valence-electron chi connectivity index (χ3n) is 12.9. The number of fused-ring (bicyclic) bond motifs is 3. The highest BCUT2D eigenvalue weighted by Gasteiger charge is 2.40. The molecule has 1 heterocycles. The molecule has 1 heteroatoms. The van der Waals surface area contributed by atoms with E-state index in [1.54, 1.807) is 0 Å². The van der Waals surface area contributed by atoms with Gasteiger partial charge in [0.05, 0.1) is 0 Å². The molecule has 0 fully saturated rings. The molecule has 2 atom stereocenters. The molecule has 264 valence electrons. The minimum Gasteiger partial charge on any atom is -0.484 e. The van der Waals surface area contributed by atoms with Crippen LogP contribution in [0.1, 0.15) is 22.6 Å². The molecular formula is C56H34O. The summed E-state index contributed by atoms with van der Waals surface area (Å²) in [5.41, 5.74) is 10.9. The van der Waals surface area contributed by atoms with E-state index in [1.165, 1.54) is 104 Å². The van der Waals surface area contributed by atoms with Crippen LogP contribution in [0.3, 0.4) is 0 Å². The van der Waals surface area contributed by atoms with Crippen LogP contribution in [0, 0.1) is 0 Å². The lowest BCUT2D eigenvalue weighted by Gasteiger charge is -2.27. The molecule has 11 aromatic carbocycles. The lowest BCUT2D eigenvalue weighted by atomic mass is 9.78. The summed E-state index contributed by atoms with van der Waals surface area (Å²) in [6.45, 7) is 0. The third kappa shape index (κ3) is 4.46. The zero-order chi connectivity index (χ0) is 37.2. The van der Waals surface area contributed by atoms with Crippen molar-refractivity contribution in [3.63, 3.8) is 0 Å². The number of allylic oxidation sites excluding steroid dienone is 2. The summed E-state index contributed by atoms with van der Waals surface area (Å²) < 4.78 is 7.29. The van der Waals surface area contributed by atoms with Crippen molar-refractivity contribution < 1.29 is 4.74 Å². The van der Waals surface area contributed by atoms with Crippen molar-refractivity contribution in [1.82, 2.24) is 0 Å². The maximum Gasteiger partial charge on any atom is 0.135 e. The molecule has 0 saturated heterocycles. The molecule has 2 aliphatic rings. The van der Waals surface area contributed by atoms with Crippen LogP contribution in [0.4, 0.5) is 0 Å². The quantitative estimate of drug-likeness (QED) is 0.164. The summed E-state index contributed by atoms with van der Waals surface area (Å²) in [5, 5.41) is 15.6. The van der Waals surface area contributed by atoms with Crippen LogP contribution in [-0.4, -0.2) is 6.10 Å². The third-order valence-corrected chi connectivity index (χ3v) is 12.9. The standard InChI is InChI=1S/C56H34O/c1-3-9-33(10-4-1)47-29-41(43-25-21-39-19-17-35-13-7-15-37-23-27-45(43)53(39)51(35)37)31-49-50-32-42(30-48(56(50)57-55(47)49)34-11-5-2-6-12-34)44-26-22-40-20-18-36-14-8-16-38-24-28-46(44)54(40)52(36)38/h1-32,49,55H. The van der Waals surface area contributed by atoms with E-state index in [2.05, 4.69) is 194 Å². The zero-order valence-electron chi connectivity index (χ0n) is 31.0. The van der Waals surface area contributed by atoms with Gasteiger partial charge in [-0.2, -0.15) is 0 Å². The summed E-state index contributed by atoms with van der Waals surface area (Å²) in [4.78, 5) is 0. The summed E-state index contributed by atoms with van der Waals surface area (Å²) in [5.74, 6) is 0.989. The Balaban J connectivity index is 1.07. The van der Waals surface area contributed by atoms with Crippen LogP contribution < -0.4 is 4.74 Å². The predicted molar refractivity (Wildman–Crippen MR) is 241 cm³/mol. The maximum absolute atomic E-state index is 7.29. The van der Waals surface area contributed by atoms with Crippen molar-refractivity contribution >= 4 is 75.8 Å². The Kier molecular flexibility index (Phi) is 6.34. The molecule has 1 nitrogen and oxygen atoms in total. The van der Waals surface area contributed by atoms with Crippen LogP contribution in [0.15, 0.2) is 194 Å². The van der Waals surface area contributed by atoms with Gasteiger partial charge in [-0.1, -0.05) is 176 Å². The maximum atomic E-state index is 7.29. The van der Waals surface area contributed by atoms with Crippen LogP contribution in [0.5, 0.6) is 5.75 Å². The number of hydrogen-bond donors (Lipinski definition) is 0. The lowest BCUT2D eigenvalue weighted by Crippen LogP contribution is -2.22. The van der Waals surface area contributed by atoms with E-state index >= 15 is 0 Å². The molecule has 0 spiro atoms. The Hall–Kier alpha value is -7.22. The first kappa shape index (κ1) is 31.0. The molecule has 0 saturated carbocycles. The minimum absolute atomic E-state index is 0.0101. The molecule has 0 aromatic heterocycles. The second-order valence-corrected chi connectivity index (χ2v) is 15.9. The first-order valence-corrected chi connectivity index (χ1v) is 20.0. The van der Waals surface area contributed by atoms with Crippen molar-refractivity contribution in [2.45, 2.75) is 12.0 Å². The van der Waals surface area contributed by atoms with Crippen molar-refractivity contribution in [3.05, 3.63) is 211 Å². The van der Waals surface area contributed by atoms with Crippen molar-refractivity contribution in [2.75, 3.05) is 0 Å². The lowest BCUT2D eigenvalue weighted by molar-refractivity contribution is 0.279. The largest absolute Gasteiger partial charge is 0.484 e. The monoisotopic (exact) mass is 722 g/mol. The normalized spacial score (nSPS) is 16.4. The molecule has 2 unspecified atom stereocenters. The van der Waals surface area contributed by atoms with Gasteiger partial charge in [0.25, 0.3) is 0 Å². The Bertz CT molecular complexity index is 3450. The topological polar surface area (TPSA) is 9.23 Å². The van der Waals surface area contributed by atoms with Gasteiger partial charge in [0, 0.05) is 22.6 Å². The van der Waals surface area contributed by atoms with E-state index in [0.717, 1.165) is 16.9 Å². The highest BCUT2D eigenvalue weighted by Crippen LogP contribution is 2.54. The summed E-state index contributed by atoms with van der Waals surface area (Å²) >= 11 is 0. The molecule has 1 aliphatic heterocycles. The molecule has 0 amide bonds. The van der Waals surface area contributed by atoms with E-state index in [9.17, 15) is 0 Å². The number of hydrogen-bond acceptors (Lipinski definition) is 1. The summed E-state index contributed by atoms with van der Waals surface area (Å²) in [6, 6.07) is 67.3.